The number of benzene rings is 4. The second kappa shape index (κ2) is 10.2. The zero-order valence-electron chi connectivity index (χ0n) is 17.8. The Morgan fingerprint density at radius 2 is 0.909 bits per heavy atom. The van der Waals surface area contributed by atoms with E-state index < -0.39 is 11.8 Å². The Kier molecular flexibility index (Phi) is 6.71. The lowest BCUT2D eigenvalue weighted by Crippen LogP contribution is -2.17. The number of amides is 2. The van der Waals surface area contributed by atoms with Crippen LogP contribution in [0.4, 0.5) is 11.4 Å². The van der Waals surface area contributed by atoms with Gasteiger partial charge in [0, 0.05) is 34.5 Å². The maximum Gasteiger partial charge on any atom is 0.255 e. The predicted molar refractivity (Wildman–Crippen MR) is 130 cm³/mol. The van der Waals surface area contributed by atoms with Crippen LogP contribution in [0.1, 0.15) is 36.6 Å². The van der Waals surface area contributed by atoms with Crippen LogP contribution < -0.4 is 10.6 Å². The van der Waals surface area contributed by atoms with Gasteiger partial charge in [0.2, 0.25) is 0 Å². The van der Waals surface area contributed by atoms with Gasteiger partial charge in [-0.2, -0.15) is 0 Å². The van der Waals surface area contributed by atoms with Crippen LogP contribution in [0.3, 0.4) is 0 Å². The number of para-hydroxylation sites is 2. The Hall–Kier alpha value is -4.51. The lowest BCUT2D eigenvalue weighted by molar-refractivity contribution is 0.0993. The molecule has 2 amide bonds. The Morgan fingerprint density at radius 3 is 1.36 bits per heavy atom. The minimum atomic E-state index is -0.399. The number of anilines is 2. The number of rotatable bonds is 7. The van der Waals surface area contributed by atoms with E-state index in [9.17, 15) is 14.4 Å². The molecule has 4 aromatic rings. The molecule has 4 aromatic carbocycles. The summed E-state index contributed by atoms with van der Waals surface area (Å²) in [6.07, 6.45) is 0.171. The van der Waals surface area contributed by atoms with Gasteiger partial charge in [0.15, 0.2) is 5.78 Å². The highest BCUT2D eigenvalue weighted by atomic mass is 16.2. The van der Waals surface area contributed by atoms with Crippen molar-refractivity contribution in [3.05, 3.63) is 131 Å². The van der Waals surface area contributed by atoms with Crippen molar-refractivity contribution < 1.29 is 14.4 Å². The average molecular weight is 434 g/mol. The van der Waals surface area contributed by atoms with Gasteiger partial charge >= 0.3 is 0 Å². The first-order valence-electron chi connectivity index (χ1n) is 10.5. The number of hydrogen-bond donors (Lipinski definition) is 2. The summed E-state index contributed by atoms with van der Waals surface area (Å²) in [5.74, 6) is -0.974. The Morgan fingerprint density at radius 1 is 0.515 bits per heavy atom. The molecule has 0 radical (unpaired) electrons. The molecule has 0 spiro atoms. The number of hydrogen-bond acceptors (Lipinski definition) is 3. The third-order valence-corrected chi connectivity index (χ3v) is 5.05. The standard InChI is InChI=1S/C28H22N2O3/c31-26(16-20-10-4-1-5-11-20)21-17-22(27(32)29-24-12-6-2-7-13-24)19-23(18-21)28(33)30-25-14-8-3-9-15-25/h1-15,17-19H,16H2,(H,29,32)(H,30,33). The second-order valence-corrected chi connectivity index (χ2v) is 7.52. The predicted octanol–water partition coefficient (Wildman–Crippen LogP) is 5.62. The fourth-order valence-corrected chi connectivity index (χ4v) is 3.38. The molecule has 5 nitrogen and oxygen atoms in total. The van der Waals surface area contributed by atoms with Crippen molar-refractivity contribution in [2.45, 2.75) is 6.42 Å². The molecule has 0 fully saturated rings. The van der Waals surface area contributed by atoms with Crippen molar-refractivity contribution in [1.29, 1.82) is 0 Å². The Bertz CT molecular complexity index is 1100. The fraction of sp³-hybridized carbons (Fsp3) is 0.0357. The van der Waals surface area contributed by atoms with Crippen LogP contribution in [0, 0.1) is 0 Å². The minimum absolute atomic E-state index is 0.171. The molecule has 0 atom stereocenters. The van der Waals surface area contributed by atoms with Gasteiger partial charge in [0.25, 0.3) is 11.8 Å². The van der Waals surface area contributed by atoms with Gasteiger partial charge in [-0.1, -0.05) is 66.7 Å². The Labute approximate surface area is 192 Å². The van der Waals surface area contributed by atoms with E-state index in [-0.39, 0.29) is 23.3 Å². The summed E-state index contributed by atoms with van der Waals surface area (Å²) in [5, 5.41) is 5.62. The molecule has 0 aliphatic carbocycles. The van der Waals surface area contributed by atoms with Crippen LogP contribution in [0.15, 0.2) is 109 Å². The number of nitrogens with one attached hydrogen (secondary N) is 2. The van der Waals surface area contributed by atoms with Crippen molar-refractivity contribution in [1.82, 2.24) is 0 Å². The first-order chi connectivity index (χ1) is 16.1. The van der Waals surface area contributed by atoms with Crippen LogP contribution in [0.5, 0.6) is 0 Å². The highest BCUT2D eigenvalue weighted by molar-refractivity contribution is 6.11. The number of Topliss-reactive ketones (excluding diaryl/α,β-unsaturated/α-hetero) is 1. The molecular weight excluding hydrogens is 412 g/mol. The molecule has 162 valence electrons. The monoisotopic (exact) mass is 434 g/mol. The molecule has 0 unspecified atom stereocenters. The summed E-state index contributed by atoms with van der Waals surface area (Å²) in [5.41, 5.74) is 2.87. The molecule has 0 aromatic heterocycles. The van der Waals surface area contributed by atoms with E-state index in [1.165, 1.54) is 18.2 Å². The highest BCUT2D eigenvalue weighted by Crippen LogP contribution is 2.18. The fourth-order valence-electron chi connectivity index (χ4n) is 3.38. The summed E-state index contributed by atoms with van der Waals surface area (Å²) in [4.78, 5) is 38.9. The quantitative estimate of drug-likeness (QED) is 0.371. The van der Waals surface area contributed by atoms with Gasteiger partial charge in [0.05, 0.1) is 0 Å². The normalized spacial score (nSPS) is 10.3. The van der Waals surface area contributed by atoms with Crippen LogP contribution >= 0.6 is 0 Å². The lowest BCUT2D eigenvalue weighted by atomic mass is 9.98. The summed E-state index contributed by atoms with van der Waals surface area (Å²) >= 11 is 0. The highest BCUT2D eigenvalue weighted by Gasteiger charge is 2.17. The molecule has 2 N–H and O–H groups in total. The van der Waals surface area contributed by atoms with E-state index in [1.807, 2.05) is 66.7 Å². The maximum atomic E-state index is 13.0. The van der Waals surface area contributed by atoms with Crippen LogP contribution in [0.25, 0.3) is 0 Å². The molecule has 0 aliphatic heterocycles. The summed E-state index contributed by atoms with van der Waals surface area (Å²) in [6, 6.07) is 31.9. The number of ketones is 1. The largest absolute Gasteiger partial charge is 0.322 e. The molecule has 4 rings (SSSR count). The molecule has 0 heterocycles. The molecule has 33 heavy (non-hydrogen) atoms. The Balaban J connectivity index is 1.65. The molecule has 0 bridgehead atoms. The summed E-state index contributed by atoms with van der Waals surface area (Å²) in [6.45, 7) is 0. The molecule has 0 aliphatic rings. The van der Waals surface area contributed by atoms with E-state index in [0.29, 0.717) is 16.9 Å². The SMILES string of the molecule is O=C(Cc1ccccc1)c1cc(C(=O)Nc2ccccc2)cc(C(=O)Nc2ccccc2)c1. The third kappa shape index (κ3) is 5.80. The van der Waals surface area contributed by atoms with Crippen molar-refractivity contribution in [3.8, 4) is 0 Å². The second-order valence-electron chi connectivity index (χ2n) is 7.52. The zero-order valence-corrected chi connectivity index (χ0v) is 17.8. The van der Waals surface area contributed by atoms with Crippen molar-refractivity contribution >= 4 is 29.0 Å². The third-order valence-electron chi connectivity index (χ3n) is 5.05. The van der Waals surface area contributed by atoms with Crippen LogP contribution in [-0.4, -0.2) is 17.6 Å². The first kappa shape index (κ1) is 21.7. The summed E-state index contributed by atoms with van der Waals surface area (Å²) in [7, 11) is 0. The number of carbonyl (C=O) groups excluding carboxylic acids is 3. The minimum Gasteiger partial charge on any atom is -0.322 e. The van der Waals surface area contributed by atoms with Gasteiger partial charge in [-0.15, -0.1) is 0 Å². The number of carbonyl (C=O) groups is 3. The van der Waals surface area contributed by atoms with Gasteiger partial charge in [-0.25, -0.2) is 0 Å². The van der Waals surface area contributed by atoms with Crippen molar-refractivity contribution in [2.75, 3.05) is 10.6 Å². The first-order valence-corrected chi connectivity index (χ1v) is 10.5. The van der Waals surface area contributed by atoms with Gasteiger partial charge in [0.1, 0.15) is 0 Å². The van der Waals surface area contributed by atoms with Crippen molar-refractivity contribution in [3.63, 3.8) is 0 Å². The topological polar surface area (TPSA) is 75.3 Å². The van der Waals surface area contributed by atoms with Crippen LogP contribution in [0.2, 0.25) is 0 Å². The lowest BCUT2D eigenvalue weighted by Gasteiger charge is -2.11. The smallest absolute Gasteiger partial charge is 0.255 e. The average Bonchev–Trinajstić information content (AvgIpc) is 2.85. The zero-order chi connectivity index (χ0) is 23.0. The van der Waals surface area contributed by atoms with E-state index in [2.05, 4.69) is 10.6 Å². The van der Waals surface area contributed by atoms with E-state index in [4.69, 9.17) is 0 Å². The summed E-state index contributed by atoms with van der Waals surface area (Å²) < 4.78 is 0. The van der Waals surface area contributed by atoms with E-state index >= 15 is 0 Å². The molecule has 0 saturated carbocycles. The van der Waals surface area contributed by atoms with Gasteiger partial charge in [-0.05, 0) is 48.0 Å². The molecule has 0 saturated heterocycles. The van der Waals surface area contributed by atoms with Gasteiger partial charge < -0.3 is 10.6 Å². The molecular formula is C28H22N2O3. The van der Waals surface area contributed by atoms with Gasteiger partial charge in [-0.3, -0.25) is 14.4 Å². The molecule has 5 heteroatoms. The van der Waals surface area contributed by atoms with E-state index in [0.717, 1.165) is 5.56 Å². The maximum absolute atomic E-state index is 13.0. The van der Waals surface area contributed by atoms with Crippen LogP contribution in [-0.2, 0) is 6.42 Å². The van der Waals surface area contributed by atoms with E-state index in [1.54, 1.807) is 24.3 Å². The van der Waals surface area contributed by atoms with Crippen molar-refractivity contribution in [2.24, 2.45) is 0 Å².